The molecule has 0 amide bonds. The topological polar surface area (TPSA) is 66.8 Å². The number of para-hydroxylation sites is 1. The molecule has 0 aliphatic heterocycles. The molecule has 0 atom stereocenters. The van der Waals surface area contributed by atoms with Gasteiger partial charge in [0.2, 0.25) is 0 Å². The van der Waals surface area contributed by atoms with Crippen LogP contribution < -0.4 is 4.74 Å². The van der Waals surface area contributed by atoms with Crippen LogP contribution >= 0.6 is 0 Å². The molecular weight excluding hydrogens is 232 g/mol. The standard InChI is InChI=1S/C14H12O4/c1-18-9-6-7-11(14(16)17)12(8-9)10-4-2-3-5-13(10)15/h2-8,15H,1H3,(H,16,17). The fourth-order valence-electron chi connectivity index (χ4n) is 1.76. The molecule has 2 N–H and O–H groups in total. The van der Waals surface area contributed by atoms with E-state index in [1.807, 2.05) is 0 Å². The maximum atomic E-state index is 11.2. The summed E-state index contributed by atoms with van der Waals surface area (Å²) >= 11 is 0. The monoisotopic (exact) mass is 244 g/mol. The first-order valence-electron chi connectivity index (χ1n) is 5.33. The Morgan fingerprint density at radius 2 is 1.83 bits per heavy atom. The van der Waals surface area contributed by atoms with Crippen molar-refractivity contribution in [1.82, 2.24) is 0 Å². The van der Waals surface area contributed by atoms with Gasteiger partial charge in [0.25, 0.3) is 0 Å². The zero-order valence-electron chi connectivity index (χ0n) is 9.75. The molecule has 0 unspecified atom stereocenters. The van der Waals surface area contributed by atoms with Crippen LogP contribution in [0.4, 0.5) is 0 Å². The second-order valence-corrected chi connectivity index (χ2v) is 3.73. The summed E-state index contributed by atoms with van der Waals surface area (Å²) in [5.74, 6) is -0.470. The predicted molar refractivity (Wildman–Crippen MR) is 67.1 cm³/mol. The van der Waals surface area contributed by atoms with Crippen LogP contribution in [0.2, 0.25) is 0 Å². The molecule has 92 valence electrons. The maximum absolute atomic E-state index is 11.2. The van der Waals surface area contributed by atoms with Crippen molar-refractivity contribution in [2.24, 2.45) is 0 Å². The molecule has 2 rings (SSSR count). The highest BCUT2D eigenvalue weighted by Crippen LogP contribution is 2.33. The number of hydrogen-bond donors (Lipinski definition) is 2. The van der Waals surface area contributed by atoms with E-state index in [-0.39, 0.29) is 11.3 Å². The van der Waals surface area contributed by atoms with Crippen molar-refractivity contribution in [1.29, 1.82) is 0 Å². The molecule has 2 aromatic carbocycles. The summed E-state index contributed by atoms with van der Waals surface area (Å²) in [5.41, 5.74) is 1.02. The van der Waals surface area contributed by atoms with Crippen molar-refractivity contribution in [3.63, 3.8) is 0 Å². The van der Waals surface area contributed by atoms with Gasteiger partial charge < -0.3 is 14.9 Å². The Balaban J connectivity index is 2.68. The van der Waals surface area contributed by atoms with Crippen molar-refractivity contribution in [2.75, 3.05) is 7.11 Å². The van der Waals surface area contributed by atoms with E-state index >= 15 is 0 Å². The van der Waals surface area contributed by atoms with Crippen molar-refractivity contribution in [3.05, 3.63) is 48.0 Å². The molecule has 0 aromatic heterocycles. The van der Waals surface area contributed by atoms with E-state index in [1.54, 1.807) is 30.3 Å². The molecule has 2 aromatic rings. The second-order valence-electron chi connectivity index (χ2n) is 3.73. The van der Waals surface area contributed by atoms with Crippen LogP contribution in [0, 0.1) is 0 Å². The third-order valence-corrected chi connectivity index (χ3v) is 2.65. The first kappa shape index (κ1) is 12.0. The number of phenolic OH excluding ortho intramolecular Hbond substituents is 1. The largest absolute Gasteiger partial charge is 0.507 e. The van der Waals surface area contributed by atoms with E-state index in [9.17, 15) is 9.90 Å². The maximum Gasteiger partial charge on any atom is 0.336 e. The summed E-state index contributed by atoms with van der Waals surface area (Å²) in [5, 5.41) is 19.0. The molecule has 18 heavy (non-hydrogen) atoms. The number of carbonyl (C=O) groups is 1. The minimum atomic E-state index is -1.05. The van der Waals surface area contributed by atoms with Crippen LogP contribution in [0.1, 0.15) is 10.4 Å². The van der Waals surface area contributed by atoms with Crippen molar-refractivity contribution < 1.29 is 19.7 Å². The lowest BCUT2D eigenvalue weighted by Crippen LogP contribution is -2.00. The molecular formula is C14H12O4. The average molecular weight is 244 g/mol. The van der Waals surface area contributed by atoms with Gasteiger partial charge in [-0.1, -0.05) is 18.2 Å². The first-order valence-corrected chi connectivity index (χ1v) is 5.33. The van der Waals surface area contributed by atoms with Gasteiger partial charge in [-0.25, -0.2) is 4.79 Å². The number of hydrogen-bond acceptors (Lipinski definition) is 3. The summed E-state index contributed by atoms with van der Waals surface area (Å²) in [6, 6.07) is 11.2. The molecule has 0 heterocycles. The fraction of sp³-hybridized carbons (Fsp3) is 0.0714. The number of ether oxygens (including phenoxy) is 1. The fourth-order valence-corrected chi connectivity index (χ4v) is 1.76. The summed E-state index contributed by atoms with van der Waals surface area (Å²) in [6.45, 7) is 0. The van der Waals surface area contributed by atoms with Gasteiger partial charge in [0, 0.05) is 11.1 Å². The van der Waals surface area contributed by atoms with E-state index in [2.05, 4.69) is 0 Å². The van der Waals surface area contributed by atoms with Gasteiger partial charge in [-0.2, -0.15) is 0 Å². The lowest BCUT2D eigenvalue weighted by atomic mass is 9.98. The lowest BCUT2D eigenvalue weighted by molar-refractivity contribution is 0.0697. The number of methoxy groups -OCH3 is 1. The highest BCUT2D eigenvalue weighted by molar-refractivity contribution is 5.97. The summed E-state index contributed by atoms with van der Waals surface area (Å²) in [7, 11) is 1.50. The number of rotatable bonds is 3. The molecule has 4 heteroatoms. The van der Waals surface area contributed by atoms with Gasteiger partial charge in [0.1, 0.15) is 11.5 Å². The molecule has 0 aliphatic rings. The Kier molecular flexibility index (Phi) is 3.19. The van der Waals surface area contributed by atoms with Crippen molar-refractivity contribution >= 4 is 5.97 Å². The number of aromatic carboxylic acids is 1. The van der Waals surface area contributed by atoms with Crippen LogP contribution in [0.25, 0.3) is 11.1 Å². The molecule has 0 bridgehead atoms. The summed E-state index contributed by atoms with van der Waals surface area (Å²) in [6.07, 6.45) is 0. The molecule has 0 saturated carbocycles. The Hall–Kier alpha value is -2.49. The van der Waals surface area contributed by atoms with E-state index in [1.165, 1.54) is 19.2 Å². The van der Waals surface area contributed by atoms with Gasteiger partial charge in [-0.15, -0.1) is 0 Å². The van der Waals surface area contributed by atoms with Gasteiger partial charge in [0.15, 0.2) is 0 Å². The van der Waals surface area contributed by atoms with Gasteiger partial charge in [-0.3, -0.25) is 0 Å². The number of carboxylic acid groups (broad SMARTS) is 1. The smallest absolute Gasteiger partial charge is 0.336 e. The minimum Gasteiger partial charge on any atom is -0.507 e. The number of aromatic hydroxyl groups is 1. The quantitative estimate of drug-likeness (QED) is 0.871. The van der Waals surface area contributed by atoms with Gasteiger partial charge in [-0.05, 0) is 24.3 Å². The third-order valence-electron chi connectivity index (χ3n) is 2.65. The van der Waals surface area contributed by atoms with Crippen LogP contribution in [0.5, 0.6) is 11.5 Å². The molecule has 0 aliphatic carbocycles. The SMILES string of the molecule is COc1ccc(C(=O)O)c(-c2ccccc2O)c1. The molecule has 0 radical (unpaired) electrons. The zero-order valence-corrected chi connectivity index (χ0v) is 9.75. The van der Waals surface area contributed by atoms with Gasteiger partial charge >= 0.3 is 5.97 Å². The van der Waals surface area contributed by atoms with E-state index in [0.717, 1.165) is 0 Å². The van der Waals surface area contributed by atoms with Crippen LogP contribution in [-0.4, -0.2) is 23.3 Å². The molecule has 4 nitrogen and oxygen atoms in total. The molecule has 0 spiro atoms. The van der Waals surface area contributed by atoms with Crippen LogP contribution in [-0.2, 0) is 0 Å². The van der Waals surface area contributed by atoms with E-state index in [4.69, 9.17) is 9.84 Å². The van der Waals surface area contributed by atoms with Crippen LogP contribution in [0.15, 0.2) is 42.5 Å². The first-order chi connectivity index (χ1) is 8.63. The normalized spacial score (nSPS) is 10.1. The van der Waals surface area contributed by atoms with E-state index in [0.29, 0.717) is 16.9 Å². The predicted octanol–water partition coefficient (Wildman–Crippen LogP) is 2.77. The Morgan fingerprint density at radius 3 is 2.44 bits per heavy atom. The third kappa shape index (κ3) is 2.13. The number of carboxylic acids is 1. The average Bonchev–Trinajstić information content (AvgIpc) is 2.38. The molecule has 0 saturated heterocycles. The minimum absolute atomic E-state index is 0.0354. The number of phenols is 1. The second kappa shape index (κ2) is 4.79. The summed E-state index contributed by atoms with van der Waals surface area (Å²) < 4.78 is 5.08. The van der Waals surface area contributed by atoms with Crippen LogP contribution in [0.3, 0.4) is 0 Å². The lowest BCUT2D eigenvalue weighted by Gasteiger charge is -2.10. The Bertz CT molecular complexity index is 590. The van der Waals surface area contributed by atoms with E-state index < -0.39 is 5.97 Å². The summed E-state index contributed by atoms with van der Waals surface area (Å²) in [4.78, 5) is 11.2. The highest BCUT2D eigenvalue weighted by atomic mass is 16.5. The van der Waals surface area contributed by atoms with Gasteiger partial charge in [0.05, 0.1) is 12.7 Å². The molecule has 0 fully saturated rings. The Morgan fingerprint density at radius 1 is 1.11 bits per heavy atom. The highest BCUT2D eigenvalue weighted by Gasteiger charge is 2.15. The number of benzene rings is 2. The Labute approximate surface area is 104 Å². The van der Waals surface area contributed by atoms with Crippen molar-refractivity contribution in [3.8, 4) is 22.6 Å². The van der Waals surface area contributed by atoms with Crippen molar-refractivity contribution in [2.45, 2.75) is 0 Å². The zero-order chi connectivity index (χ0) is 13.1.